The van der Waals surface area contributed by atoms with Gasteiger partial charge in [-0.25, -0.2) is 13.7 Å². The normalized spacial score (nSPS) is 11.1. The molecule has 0 bridgehead atoms. The van der Waals surface area contributed by atoms with Crippen LogP contribution in [0.2, 0.25) is 0 Å². The number of hydrogen-bond donors (Lipinski definition) is 9. The zero-order valence-electron chi connectivity index (χ0n) is 6.91. The Morgan fingerprint density at radius 3 is 0.438 bits per heavy atom. The van der Waals surface area contributed by atoms with E-state index >= 15 is 0 Å². The maximum absolute atomic E-state index is 8.88. The Bertz CT molecular complexity index is 202. The fourth-order valence-electron chi connectivity index (χ4n) is 0. The molecule has 0 heterocycles. The minimum Gasteiger partial charge on any atom is -0.303 e. The van der Waals surface area contributed by atoms with Crippen LogP contribution in [0.3, 0.4) is 0 Å². The Morgan fingerprint density at radius 2 is 0.438 bits per heavy atom. The van der Waals surface area contributed by atoms with Crippen LogP contribution in [0.1, 0.15) is 0 Å². The SMILES string of the molecule is O=P(O)(O)O.O=P(O)(O)O.O=P(O)(O)O.[Pt]. The Labute approximate surface area is 103 Å². The Morgan fingerprint density at radius 1 is 0.438 bits per heavy atom. The van der Waals surface area contributed by atoms with Crippen molar-refractivity contribution in [2.45, 2.75) is 0 Å². The molecular formula is H9O12P3Pt. The molecule has 0 spiro atoms. The maximum Gasteiger partial charge on any atom is 0.466 e. The first kappa shape index (κ1) is 25.8. The van der Waals surface area contributed by atoms with Crippen LogP contribution >= 0.6 is 23.5 Å². The first-order chi connectivity index (χ1) is 6.00. The van der Waals surface area contributed by atoms with E-state index in [0.717, 1.165) is 0 Å². The Hall–Kier alpha value is 1.02. The van der Waals surface area contributed by atoms with Crippen molar-refractivity contribution in [2.75, 3.05) is 0 Å². The van der Waals surface area contributed by atoms with Crippen LogP contribution in [-0.4, -0.2) is 44.0 Å². The molecule has 0 aliphatic rings. The van der Waals surface area contributed by atoms with Gasteiger partial charge in [-0.05, 0) is 0 Å². The van der Waals surface area contributed by atoms with Crippen molar-refractivity contribution >= 4 is 23.5 Å². The summed E-state index contributed by atoms with van der Waals surface area (Å²) >= 11 is 0. The summed E-state index contributed by atoms with van der Waals surface area (Å²) in [4.78, 5) is 64.7. The third-order valence-corrected chi connectivity index (χ3v) is 0. The molecule has 0 saturated heterocycles. The molecule has 16 heteroatoms. The average molecular weight is 489 g/mol. The summed E-state index contributed by atoms with van der Waals surface area (Å²) < 4.78 is 26.6. The molecule has 0 aromatic rings. The van der Waals surface area contributed by atoms with Crippen molar-refractivity contribution in [3.63, 3.8) is 0 Å². The monoisotopic (exact) mass is 489 g/mol. The topological polar surface area (TPSA) is 233 Å². The predicted molar refractivity (Wildman–Crippen MR) is 42.8 cm³/mol. The van der Waals surface area contributed by atoms with Gasteiger partial charge in [-0.2, -0.15) is 0 Å². The predicted octanol–water partition coefficient (Wildman–Crippen LogP) is -2.79. The molecule has 0 aromatic carbocycles. The third kappa shape index (κ3) is 2850. The maximum atomic E-state index is 8.88. The molecule has 0 rings (SSSR count). The van der Waals surface area contributed by atoms with Gasteiger partial charge in [-0.1, -0.05) is 0 Å². The molecule has 0 saturated carbocycles. The Balaban J connectivity index is -0.0000000655. The summed E-state index contributed by atoms with van der Waals surface area (Å²) in [6.45, 7) is 0. The van der Waals surface area contributed by atoms with Crippen molar-refractivity contribution in [1.29, 1.82) is 0 Å². The molecule has 9 N–H and O–H groups in total. The first-order valence-electron chi connectivity index (χ1n) is 2.35. The molecule has 106 valence electrons. The van der Waals surface area contributed by atoms with Gasteiger partial charge in [-0.3, -0.25) is 0 Å². The van der Waals surface area contributed by atoms with E-state index in [4.69, 9.17) is 57.7 Å². The van der Waals surface area contributed by atoms with Gasteiger partial charge in [0.05, 0.1) is 0 Å². The van der Waals surface area contributed by atoms with Gasteiger partial charge in [0, 0.05) is 21.1 Å². The Kier molecular flexibility index (Phi) is 16.1. The van der Waals surface area contributed by atoms with E-state index in [2.05, 4.69) is 0 Å². The molecule has 0 amide bonds. The minimum absolute atomic E-state index is 0. The minimum atomic E-state index is -4.64. The summed E-state index contributed by atoms with van der Waals surface area (Å²) in [5, 5.41) is 0. The summed E-state index contributed by atoms with van der Waals surface area (Å²) in [6, 6.07) is 0. The molecule has 0 aliphatic heterocycles. The van der Waals surface area contributed by atoms with Crippen LogP contribution in [0.5, 0.6) is 0 Å². The van der Waals surface area contributed by atoms with Gasteiger partial charge in [0.25, 0.3) is 0 Å². The molecule has 0 radical (unpaired) electrons. The van der Waals surface area contributed by atoms with Crippen LogP contribution in [0.25, 0.3) is 0 Å². The third-order valence-electron chi connectivity index (χ3n) is 0. The second kappa shape index (κ2) is 9.99. The second-order valence-electron chi connectivity index (χ2n) is 1.54. The van der Waals surface area contributed by atoms with Gasteiger partial charge >= 0.3 is 23.5 Å². The van der Waals surface area contributed by atoms with Crippen molar-refractivity contribution < 1.29 is 78.8 Å². The van der Waals surface area contributed by atoms with Crippen LogP contribution in [0.4, 0.5) is 0 Å². The van der Waals surface area contributed by atoms with Crippen molar-refractivity contribution in [2.24, 2.45) is 0 Å². The van der Waals surface area contributed by atoms with Crippen LogP contribution in [-0.2, 0) is 34.8 Å². The average Bonchev–Trinajstić information content (AvgIpc) is 1.41. The van der Waals surface area contributed by atoms with Gasteiger partial charge in [0.2, 0.25) is 0 Å². The molecule has 12 nitrogen and oxygen atoms in total. The number of hydrogen-bond acceptors (Lipinski definition) is 3. The molecule has 0 aliphatic carbocycles. The van der Waals surface area contributed by atoms with E-state index < -0.39 is 23.5 Å². The summed E-state index contributed by atoms with van der Waals surface area (Å²) in [5.41, 5.74) is 0. The first-order valence-corrected chi connectivity index (χ1v) is 7.04. The van der Waals surface area contributed by atoms with Crippen LogP contribution < -0.4 is 0 Å². The largest absolute Gasteiger partial charge is 0.466 e. The zero-order chi connectivity index (χ0) is 13.5. The van der Waals surface area contributed by atoms with Gasteiger partial charge in [-0.15, -0.1) is 0 Å². The fourth-order valence-corrected chi connectivity index (χ4v) is 0. The standard InChI is InChI=1S/3H3O4P.Pt/c3*1-5(2,3)4;/h3*(H3,1,2,3,4);. The second-order valence-corrected chi connectivity index (χ2v) is 4.62. The zero-order valence-corrected chi connectivity index (χ0v) is 11.9. The van der Waals surface area contributed by atoms with E-state index in [1.807, 2.05) is 0 Å². The van der Waals surface area contributed by atoms with Crippen LogP contribution in [0.15, 0.2) is 0 Å². The van der Waals surface area contributed by atoms with Crippen LogP contribution in [0, 0.1) is 0 Å². The number of phosphoric acid groups is 3. The van der Waals surface area contributed by atoms with Crippen molar-refractivity contribution in [1.82, 2.24) is 0 Å². The molecular weight excluding hydrogens is 480 g/mol. The van der Waals surface area contributed by atoms with Gasteiger partial charge in [0.15, 0.2) is 0 Å². The van der Waals surface area contributed by atoms with E-state index in [0.29, 0.717) is 0 Å². The van der Waals surface area contributed by atoms with E-state index in [1.54, 1.807) is 0 Å². The summed E-state index contributed by atoms with van der Waals surface area (Å²) in [5.74, 6) is 0. The fraction of sp³-hybridized carbons (Fsp3) is 0. The molecule has 0 atom stereocenters. The smallest absolute Gasteiger partial charge is 0.303 e. The molecule has 0 unspecified atom stereocenters. The summed E-state index contributed by atoms with van der Waals surface area (Å²) in [6.07, 6.45) is 0. The summed E-state index contributed by atoms with van der Waals surface area (Å²) in [7, 11) is -13.9. The quantitative estimate of drug-likeness (QED) is 0.157. The van der Waals surface area contributed by atoms with Crippen molar-refractivity contribution in [3.05, 3.63) is 0 Å². The van der Waals surface area contributed by atoms with Gasteiger partial charge < -0.3 is 44.0 Å². The van der Waals surface area contributed by atoms with Crippen molar-refractivity contribution in [3.8, 4) is 0 Å². The van der Waals surface area contributed by atoms with Gasteiger partial charge in [0.1, 0.15) is 0 Å². The van der Waals surface area contributed by atoms with E-state index in [9.17, 15) is 0 Å². The molecule has 0 fully saturated rings. The van der Waals surface area contributed by atoms with E-state index in [-0.39, 0.29) is 21.1 Å². The number of rotatable bonds is 0. The van der Waals surface area contributed by atoms with E-state index in [1.165, 1.54) is 0 Å². The molecule has 0 aromatic heterocycles. The molecule has 16 heavy (non-hydrogen) atoms.